The zero-order valence-electron chi connectivity index (χ0n) is 7.34. The van der Waals surface area contributed by atoms with Gasteiger partial charge in [0.1, 0.15) is 6.61 Å². The Morgan fingerprint density at radius 3 is 2.73 bits per heavy atom. The molecular formula is C7H7F3N2O3. The fraction of sp³-hybridized carbons (Fsp3) is 0.429. The van der Waals surface area contributed by atoms with Crippen LogP contribution in [0.15, 0.2) is 11.0 Å². The zero-order chi connectivity index (χ0) is 11.5. The highest BCUT2D eigenvalue weighted by atomic mass is 19.4. The molecule has 15 heavy (non-hydrogen) atoms. The van der Waals surface area contributed by atoms with Gasteiger partial charge in [-0.3, -0.25) is 4.79 Å². The molecule has 1 aromatic heterocycles. The maximum Gasteiger partial charge on any atom is 0.425 e. The van der Waals surface area contributed by atoms with E-state index < -0.39 is 29.7 Å². The molecule has 0 amide bonds. The van der Waals surface area contributed by atoms with Gasteiger partial charge < -0.3 is 9.84 Å². The van der Waals surface area contributed by atoms with E-state index in [9.17, 15) is 18.0 Å². The molecule has 8 heteroatoms. The summed E-state index contributed by atoms with van der Waals surface area (Å²) >= 11 is 0. The molecule has 0 saturated heterocycles. The van der Waals surface area contributed by atoms with Gasteiger partial charge in [-0.05, 0) is 0 Å². The van der Waals surface area contributed by atoms with Crippen LogP contribution < -0.4 is 10.3 Å². The fourth-order valence-electron chi connectivity index (χ4n) is 0.915. The summed E-state index contributed by atoms with van der Waals surface area (Å²) in [6.45, 7) is -0.793. The first-order chi connectivity index (χ1) is 6.96. The predicted octanol–water partition coefficient (Wildman–Crippen LogP) is 0.160. The van der Waals surface area contributed by atoms with E-state index >= 15 is 0 Å². The molecule has 0 aromatic carbocycles. The number of ether oxygens (including phenoxy) is 1. The Bertz CT molecular complexity index is 388. The Hall–Kier alpha value is -1.57. The molecule has 1 aromatic rings. The number of nitrogens with one attached hydrogen (secondary N) is 1. The van der Waals surface area contributed by atoms with Crippen LogP contribution in [0.5, 0.6) is 5.75 Å². The third-order valence-corrected chi connectivity index (χ3v) is 1.45. The van der Waals surface area contributed by atoms with Crippen molar-refractivity contribution >= 4 is 0 Å². The lowest BCUT2D eigenvalue weighted by atomic mass is 10.3. The molecule has 2 N–H and O–H groups in total. The number of halogens is 3. The molecule has 1 heterocycles. The standard InChI is InChI=1S/C7H7F3N2O3/c8-7(9,10)5-4(15-2-1-13)3-11-12-6(5)14/h3,13H,1-2H2,(H,12,14). The van der Waals surface area contributed by atoms with Crippen LogP contribution >= 0.6 is 0 Å². The summed E-state index contributed by atoms with van der Waals surface area (Å²) in [5, 5.41) is 13.2. The molecule has 1 rings (SSSR count). The second kappa shape index (κ2) is 4.30. The van der Waals surface area contributed by atoms with Gasteiger partial charge in [0.05, 0.1) is 12.8 Å². The van der Waals surface area contributed by atoms with Gasteiger partial charge in [-0.25, -0.2) is 5.10 Å². The Labute approximate surface area is 81.5 Å². The molecule has 0 atom stereocenters. The van der Waals surface area contributed by atoms with Crippen LogP contribution in [-0.4, -0.2) is 28.5 Å². The van der Waals surface area contributed by atoms with E-state index in [-0.39, 0.29) is 6.61 Å². The van der Waals surface area contributed by atoms with Gasteiger partial charge >= 0.3 is 6.18 Å². The van der Waals surface area contributed by atoms with Crippen LogP contribution in [0.1, 0.15) is 5.56 Å². The summed E-state index contributed by atoms with van der Waals surface area (Å²) in [5.41, 5.74) is -2.83. The van der Waals surface area contributed by atoms with Crippen molar-refractivity contribution in [1.29, 1.82) is 0 Å². The topological polar surface area (TPSA) is 75.2 Å². The molecule has 0 saturated carbocycles. The molecule has 0 unspecified atom stereocenters. The summed E-state index contributed by atoms with van der Waals surface area (Å²) < 4.78 is 41.6. The Kier molecular flexibility index (Phi) is 3.30. The molecule has 0 aliphatic rings. The second-order valence-corrected chi connectivity index (χ2v) is 2.51. The van der Waals surface area contributed by atoms with Gasteiger partial charge in [-0.2, -0.15) is 18.3 Å². The number of hydrogen-bond donors (Lipinski definition) is 2. The van der Waals surface area contributed by atoms with E-state index in [0.717, 1.165) is 6.20 Å². The maximum absolute atomic E-state index is 12.3. The zero-order valence-corrected chi connectivity index (χ0v) is 7.34. The SMILES string of the molecule is O=c1[nH]ncc(OCCO)c1C(F)(F)F. The van der Waals surface area contributed by atoms with Crippen LogP contribution in [-0.2, 0) is 6.18 Å². The number of aromatic amines is 1. The van der Waals surface area contributed by atoms with E-state index in [1.165, 1.54) is 0 Å². The largest absolute Gasteiger partial charge is 0.489 e. The van der Waals surface area contributed by atoms with E-state index in [1.807, 2.05) is 0 Å². The number of H-pyrrole nitrogens is 1. The highest BCUT2D eigenvalue weighted by Gasteiger charge is 2.38. The number of hydrogen-bond acceptors (Lipinski definition) is 4. The molecule has 0 fully saturated rings. The molecule has 0 spiro atoms. The van der Waals surface area contributed by atoms with Crippen molar-refractivity contribution in [2.75, 3.05) is 13.2 Å². The Morgan fingerprint density at radius 1 is 1.53 bits per heavy atom. The van der Waals surface area contributed by atoms with Crippen LogP contribution in [0.4, 0.5) is 13.2 Å². The summed E-state index contributed by atoms with van der Waals surface area (Å²) in [4.78, 5) is 10.9. The van der Waals surface area contributed by atoms with Crippen molar-refractivity contribution in [3.63, 3.8) is 0 Å². The van der Waals surface area contributed by atoms with Crippen LogP contribution in [0.2, 0.25) is 0 Å². The number of alkyl halides is 3. The average Bonchev–Trinajstić information content (AvgIpc) is 2.12. The maximum atomic E-state index is 12.3. The van der Waals surface area contributed by atoms with Gasteiger partial charge in [0, 0.05) is 0 Å². The highest BCUT2D eigenvalue weighted by Crippen LogP contribution is 2.32. The summed E-state index contributed by atoms with van der Waals surface area (Å²) in [6, 6.07) is 0. The van der Waals surface area contributed by atoms with Gasteiger partial charge in [0.15, 0.2) is 11.3 Å². The summed E-state index contributed by atoms with van der Waals surface area (Å²) in [5.74, 6) is -0.694. The summed E-state index contributed by atoms with van der Waals surface area (Å²) in [7, 11) is 0. The predicted molar refractivity (Wildman–Crippen MR) is 42.4 cm³/mol. The molecule has 84 valence electrons. The van der Waals surface area contributed by atoms with Gasteiger partial charge in [0.2, 0.25) is 0 Å². The first-order valence-electron chi connectivity index (χ1n) is 3.85. The van der Waals surface area contributed by atoms with Crippen molar-refractivity contribution in [2.45, 2.75) is 6.18 Å². The lowest BCUT2D eigenvalue weighted by molar-refractivity contribution is -0.140. The van der Waals surface area contributed by atoms with E-state index in [4.69, 9.17) is 5.11 Å². The number of aromatic nitrogens is 2. The molecule has 0 aliphatic carbocycles. The highest BCUT2D eigenvalue weighted by molar-refractivity contribution is 5.30. The Balaban J connectivity index is 3.15. The van der Waals surface area contributed by atoms with E-state index in [2.05, 4.69) is 9.84 Å². The Morgan fingerprint density at radius 2 is 2.20 bits per heavy atom. The molecule has 0 aliphatic heterocycles. The number of rotatable bonds is 3. The lowest BCUT2D eigenvalue weighted by Gasteiger charge is -2.10. The van der Waals surface area contributed by atoms with Gasteiger partial charge in [-0.15, -0.1) is 0 Å². The van der Waals surface area contributed by atoms with Crippen LogP contribution in [0, 0.1) is 0 Å². The molecule has 5 nitrogen and oxygen atoms in total. The fourth-order valence-corrected chi connectivity index (χ4v) is 0.915. The lowest BCUT2D eigenvalue weighted by Crippen LogP contribution is -2.24. The normalized spacial score (nSPS) is 11.5. The van der Waals surface area contributed by atoms with Crippen molar-refractivity contribution < 1.29 is 23.0 Å². The van der Waals surface area contributed by atoms with Crippen LogP contribution in [0.25, 0.3) is 0 Å². The first kappa shape index (κ1) is 11.5. The quantitative estimate of drug-likeness (QED) is 0.766. The van der Waals surface area contributed by atoms with Crippen molar-refractivity contribution in [1.82, 2.24) is 10.2 Å². The van der Waals surface area contributed by atoms with E-state index in [1.54, 1.807) is 5.10 Å². The smallest absolute Gasteiger partial charge is 0.425 e. The number of nitrogens with zero attached hydrogens (tertiary/aromatic N) is 1. The summed E-state index contributed by atoms with van der Waals surface area (Å²) in [6.07, 6.45) is -4.08. The van der Waals surface area contributed by atoms with Crippen molar-refractivity contribution in [2.24, 2.45) is 0 Å². The number of aliphatic hydroxyl groups excluding tert-OH is 1. The second-order valence-electron chi connectivity index (χ2n) is 2.51. The third-order valence-electron chi connectivity index (χ3n) is 1.45. The van der Waals surface area contributed by atoms with Crippen molar-refractivity contribution in [3.05, 3.63) is 22.1 Å². The monoisotopic (exact) mass is 224 g/mol. The minimum Gasteiger partial charge on any atom is -0.489 e. The van der Waals surface area contributed by atoms with Crippen molar-refractivity contribution in [3.8, 4) is 5.75 Å². The third kappa shape index (κ3) is 2.69. The van der Waals surface area contributed by atoms with Gasteiger partial charge in [-0.1, -0.05) is 0 Å². The minimum atomic E-state index is -4.82. The van der Waals surface area contributed by atoms with Crippen LogP contribution in [0.3, 0.4) is 0 Å². The molecule has 0 radical (unpaired) electrons. The van der Waals surface area contributed by atoms with E-state index in [0.29, 0.717) is 0 Å². The molecule has 0 bridgehead atoms. The first-order valence-corrected chi connectivity index (χ1v) is 3.85. The average molecular weight is 224 g/mol. The van der Waals surface area contributed by atoms with Gasteiger partial charge in [0.25, 0.3) is 5.56 Å². The number of aliphatic hydroxyl groups is 1. The molecular weight excluding hydrogens is 217 g/mol. The minimum absolute atomic E-state index is 0.339.